The Kier molecular flexibility index (Phi) is 4.42. The van der Waals surface area contributed by atoms with E-state index in [0.717, 1.165) is 33.4 Å². The summed E-state index contributed by atoms with van der Waals surface area (Å²) in [6.45, 7) is 6.02. The fourth-order valence-corrected chi connectivity index (χ4v) is 5.32. The molecule has 2 aromatic carbocycles. The number of carbonyl (C=O) groups excluding carboxylic acids is 2. The molecule has 34 heavy (non-hydrogen) atoms. The summed E-state index contributed by atoms with van der Waals surface area (Å²) in [5.74, 6) is 0.700. The third-order valence-corrected chi connectivity index (χ3v) is 6.84. The molecule has 8 nitrogen and oxygen atoms in total. The molecular weight excluding hydrogens is 434 g/mol. The van der Waals surface area contributed by atoms with Crippen molar-refractivity contribution in [1.82, 2.24) is 9.47 Å². The van der Waals surface area contributed by atoms with E-state index in [4.69, 9.17) is 14.2 Å². The van der Waals surface area contributed by atoms with Gasteiger partial charge < -0.3 is 24.1 Å². The second-order valence-electron chi connectivity index (χ2n) is 9.10. The first-order valence-electron chi connectivity index (χ1n) is 11.3. The number of methoxy groups -OCH3 is 1. The van der Waals surface area contributed by atoms with Crippen LogP contribution in [0.3, 0.4) is 0 Å². The van der Waals surface area contributed by atoms with Crippen molar-refractivity contribution in [3.63, 3.8) is 0 Å². The lowest BCUT2D eigenvalue weighted by Crippen LogP contribution is -2.33. The average Bonchev–Trinajstić information content (AvgIpc) is 3.49. The smallest absolute Gasteiger partial charge is 0.259 e. The summed E-state index contributed by atoms with van der Waals surface area (Å²) in [6.07, 6.45) is 2.13. The summed E-state index contributed by atoms with van der Waals surface area (Å²) in [6, 6.07) is 10.2. The van der Waals surface area contributed by atoms with E-state index in [9.17, 15) is 9.59 Å². The number of benzene rings is 2. The molecule has 0 saturated heterocycles. The Bertz CT molecular complexity index is 1420. The maximum Gasteiger partial charge on any atom is 0.259 e. The van der Waals surface area contributed by atoms with Gasteiger partial charge in [-0.05, 0) is 49.2 Å². The Hall–Kier alpha value is -3.94. The second kappa shape index (κ2) is 7.28. The highest BCUT2D eigenvalue weighted by Crippen LogP contribution is 2.50. The summed E-state index contributed by atoms with van der Waals surface area (Å²) in [4.78, 5) is 27.2. The number of amides is 2. The van der Waals surface area contributed by atoms with Crippen LogP contribution in [0.15, 0.2) is 47.8 Å². The van der Waals surface area contributed by atoms with Crippen molar-refractivity contribution in [3.8, 4) is 17.2 Å². The van der Waals surface area contributed by atoms with E-state index in [1.165, 1.54) is 11.8 Å². The van der Waals surface area contributed by atoms with Gasteiger partial charge in [-0.2, -0.15) is 0 Å². The average molecular weight is 460 g/mol. The van der Waals surface area contributed by atoms with Gasteiger partial charge in [-0.25, -0.2) is 0 Å². The van der Waals surface area contributed by atoms with Crippen molar-refractivity contribution in [1.29, 1.82) is 0 Å². The number of hydrogen-bond donors (Lipinski definition) is 1. The van der Waals surface area contributed by atoms with Gasteiger partial charge in [-0.1, -0.05) is 6.07 Å². The molecule has 0 fully saturated rings. The molecule has 174 valence electrons. The molecule has 4 heterocycles. The molecule has 0 bridgehead atoms. The van der Waals surface area contributed by atoms with Crippen molar-refractivity contribution in [2.75, 3.05) is 25.8 Å². The van der Waals surface area contributed by atoms with Crippen LogP contribution in [0, 0.1) is 0 Å². The number of rotatable bonds is 3. The van der Waals surface area contributed by atoms with Gasteiger partial charge in [0.1, 0.15) is 0 Å². The molecule has 3 aromatic rings. The number of nitrogens with zero attached hydrogens (tertiary/aromatic N) is 2. The molecule has 1 atom stereocenters. The molecule has 0 unspecified atom stereocenters. The number of fused-ring (bicyclic) bond motifs is 1. The summed E-state index contributed by atoms with van der Waals surface area (Å²) in [7, 11) is 1.58. The van der Waals surface area contributed by atoms with Crippen molar-refractivity contribution in [2.24, 2.45) is 0 Å². The number of nitrogens with one attached hydrogen (secondary N) is 1. The predicted octanol–water partition coefficient (Wildman–Crippen LogP) is 4.16. The van der Waals surface area contributed by atoms with Gasteiger partial charge in [0, 0.05) is 41.9 Å². The van der Waals surface area contributed by atoms with E-state index in [-0.39, 0.29) is 31.2 Å². The van der Waals surface area contributed by atoms with Gasteiger partial charge in [0.25, 0.3) is 5.91 Å². The second-order valence-corrected chi connectivity index (χ2v) is 9.10. The van der Waals surface area contributed by atoms with Gasteiger partial charge in [-0.15, -0.1) is 0 Å². The van der Waals surface area contributed by atoms with Crippen molar-refractivity contribution in [3.05, 3.63) is 58.9 Å². The lowest BCUT2D eigenvalue weighted by molar-refractivity contribution is -0.139. The molecule has 8 heteroatoms. The Morgan fingerprint density at radius 3 is 2.79 bits per heavy atom. The fourth-order valence-electron chi connectivity index (χ4n) is 5.32. The zero-order valence-corrected chi connectivity index (χ0v) is 19.5. The maximum absolute atomic E-state index is 13.6. The first-order chi connectivity index (χ1) is 16.4. The summed E-state index contributed by atoms with van der Waals surface area (Å²) in [5, 5.41) is 4.56. The number of imide groups is 1. The van der Waals surface area contributed by atoms with Crippen LogP contribution < -0.4 is 19.5 Å². The molecule has 1 N–H and O–H groups in total. The minimum Gasteiger partial charge on any atom is -0.493 e. The highest BCUT2D eigenvalue weighted by molar-refractivity contribution is 6.11. The van der Waals surface area contributed by atoms with E-state index in [1.54, 1.807) is 7.11 Å². The molecule has 0 aliphatic carbocycles. The first kappa shape index (κ1) is 20.7. The first-order valence-corrected chi connectivity index (χ1v) is 11.3. The van der Waals surface area contributed by atoms with Crippen LogP contribution in [0.5, 0.6) is 17.2 Å². The van der Waals surface area contributed by atoms with Gasteiger partial charge in [0.05, 0.1) is 24.7 Å². The largest absolute Gasteiger partial charge is 0.493 e. The van der Waals surface area contributed by atoms with E-state index in [1.807, 2.05) is 24.3 Å². The standard InChI is InChI=1S/C26H25N3O5/c1-13(2)28-10-16-22(15-8-20(32-4)25-21(9-15)33-12-34-25)24-18(11-29(14(3)30)26(24)31)27-17-6-5-7-19(28)23(16)17/h5-10,13,22,27H,11-12H2,1-4H3/t22-/m0/s1. The predicted molar refractivity (Wildman–Crippen MR) is 126 cm³/mol. The van der Waals surface area contributed by atoms with Gasteiger partial charge in [-0.3, -0.25) is 14.5 Å². The Labute approximate surface area is 196 Å². The third-order valence-electron chi connectivity index (χ3n) is 6.84. The minimum atomic E-state index is -0.422. The van der Waals surface area contributed by atoms with Crippen LogP contribution in [0.4, 0.5) is 5.69 Å². The molecule has 0 spiro atoms. The number of ether oxygens (including phenoxy) is 3. The van der Waals surface area contributed by atoms with Gasteiger partial charge >= 0.3 is 0 Å². The number of hydrogen-bond acceptors (Lipinski definition) is 6. The van der Waals surface area contributed by atoms with Gasteiger partial charge in [0.15, 0.2) is 11.5 Å². The molecule has 3 aliphatic rings. The normalized spacial score (nSPS) is 18.4. The lowest BCUT2D eigenvalue weighted by Gasteiger charge is -2.20. The molecule has 0 radical (unpaired) electrons. The summed E-state index contributed by atoms with van der Waals surface area (Å²) in [5.41, 5.74) is 5.15. The number of anilines is 1. The van der Waals surface area contributed by atoms with Crippen LogP contribution in [-0.2, 0) is 9.59 Å². The SMILES string of the molecule is COc1cc([C@@H]2C3=C(CN(C(C)=O)C3=O)Nc3cccc4c3c2cn4C(C)C)cc2c1OCO2. The Balaban J connectivity index is 1.66. The van der Waals surface area contributed by atoms with E-state index in [0.29, 0.717) is 22.8 Å². The van der Waals surface area contributed by atoms with Gasteiger partial charge in [0.2, 0.25) is 18.4 Å². The topological polar surface area (TPSA) is 82.0 Å². The molecule has 1 aromatic heterocycles. The van der Waals surface area contributed by atoms with E-state index in [2.05, 4.69) is 36.0 Å². The highest BCUT2D eigenvalue weighted by Gasteiger charge is 2.42. The zero-order chi connectivity index (χ0) is 23.7. The molecule has 2 amide bonds. The number of carbonyl (C=O) groups is 2. The number of aromatic nitrogens is 1. The van der Waals surface area contributed by atoms with Crippen LogP contribution >= 0.6 is 0 Å². The lowest BCUT2D eigenvalue weighted by atomic mass is 9.84. The Morgan fingerprint density at radius 1 is 1.24 bits per heavy atom. The van der Waals surface area contributed by atoms with Crippen molar-refractivity contribution >= 4 is 28.4 Å². The Morgan fingerprint density at radius 2 is 2.06 bits per heavy atom. The molecular formula is C26H25N3O5. The van der Waals surface area contributed by atoms with Crippen molar-refractivity contribution < 1.29 is 23.8 Å². The van der Waals surface area contributed by atoms with Crippen LogP contribution in [0.1, 0.15) is 43.9 Å². The summed E-state index contributed by atoms with van der Waals surface area (Å²) >= 11 is 0. The minimum absolute atomic E-state index is 0.114. The van der Waals surface area contributed by atoms with Crippen molar-refractivity contribution in [2.45, 2.75) is 32.7 Å². The van der Waals surface area contributed by atoms with E-state index >= 15 is 0 Å². The molecule has 0 saturated carbocycles. The van der Waals surface area contributed by atoms with E-state index < -0.39 is 5.92 Å². The highest BCUT2D eigenvalue weighted by atomic mass is 16.7. The quantitative estimate of drug-likeness (QED) is 0.634. The monoisotopic (exact) mass is 459 g/mol. The van der Waals surface area contributed by atoms with Crippen LogP contribution in [0.2, 0.25) is 0 Å². The zero-order valence-electron chi connectivity index (χ0n) is 19.5. The van der Waals surface area contributed by atoms with Crippen LogP contribution in [-0.4, -0.2) is 41.7 Å². The maximum atomic E-state index is 13.6. The molecule has 6 rings (SSSR count). The van der Waals surface area contributed by atoms with Crippen LogP contribution in [0.25, 0.3) is 10.9 Å². The molecule has 3 aliphatic heterocycles. The third kappa shape index (κ3) is 2.77. The summed E-state index contributed by atoms with van der Waals surface area (Å²) < 4.78 is 19.1. The fraction of sp³-hybridized carbons (Fsp3) is 0.308.